The number of nitrogens with one attached hydrogen (secondary N) is 1. The predicted molar refractivity (Wildman–Crippen MR) is 66.8 cm³/mol. The first-order valence-electron chi connectivity index (χ1n) is 6.36. The molecule has 0 aliphatic carbocycles. The number of hydrogen-bond acceptors (Lipinski definition) is 6. The zero-order valence-electron chi connectivity index (χ0n) is 10.5. The minimum Gasteiger partial charge on any atom is -0.391 e. The molecule has 2 aliphatic rings. The van der Waals surface area contributed by atoms with Crippen molar-refractivity contribution in [1.82, 2.24) is 14.9 Å². The smallest absolute Gasteiger partial charge is 0.272 e. The lowest BCUT2D eigenvalue weighted by atomic mass is 10.2. The van der Waals surface area contributed by atoms with Gasteiger partial charge >= 0.3 is 0 Å². The third kappa shape index (κ3) is 2.66. The molecule has 7 heteroatoms. The van der Waals surface area contributed by atoms with Crippen LogP contribution in [-0.2, 0) is 4.74 Å². The summed E-state index contributed by atoms with van der Waals surface area (Å²) in [5.74, 6) is 0.471. The van der Waals surface area contributed by atoms with Crippen molar-refractivity contribution in [2.75, 3.05) is 31.6 Å². The van der Waals surface area contributed by atoms with Crippen LogP contribution in [0.3, 0.4) is 0 Å². The number of likely N-dealkylation sites (tertiary alicyclic amines) is 1. The average Bonchev–Trinajstić information content (AvgIpc) is 2.80. The predicted octanol–water partition coefficient (Wildman–Crippen LogP) is -0.506. The fourth-order valence-electron chi connectivity index (χ4n) is 2.17. The number of nitrogens with zero attached hydrogens (tertiary/aromatic N) is 3. The van der Waals surface area contributed by atoms with Gasteiger partial charge in [-0.3, -0.25) is 4.79 Å². The summed E-state index contributed by atoms with van der Waals surface area (Å²) in [6.45, 7) is 2.27. The molecule has 19 heavy (non-hydrogen) atoms. The van der Waals surface area contributed by atoms with Crippen LogP contribution in [0.15, 0.2) is 12.4 Å². The van der Waals surface area contributed by atoms with Crippen LogP contribution in [0.5, 0.6) is 0 Å². The monoisotopic (exact) mass is 264 g/mol. The largest absolute Gasteiger partial charge is 0.391 e. The normalized spacial score (nSPS) is 23.2. The van der Waals surface area contributed by atoms with E-state index in [9.17, 15) is 9.90 Å². The zero-order valence-corrected chi connectivity index (χ0v) is 10.5. The molecule has 0 bridgehead atoms. The van der Waals surface area contributed by atoms with Crippen molar-refractivity contribution in [2.24, 2.45) is 0 Å². The first kappa shape index (κ1) is 12.3. The molecular formula is C12H16N4O3. The van der Waals surface area contributed by atoms with Gasteiger partial charge in [0.05, 0.1) is 25.4 Å². The maximum atomic E-state index is 12.2. The number of ether oxygens (including phenoxy) is 1. The molecule has 1 atom stereocenters. The molecule has 3 rings (SSSR count). The average molecular weight is 264 g/mol. The second-order valence-corrected chi connectivity index (χ2v) is 4.86. The van der Waals surface area contributed by atoms with E-state index in [0.717, 1.165) is 0 Å². The molecule has 2 fully saturated rings. The minimum atomic E-state index is -0.421. The summed E-state index contributed by atoms with van der Waals surface area (Å²) in [6, 6.07) is 1.90. The number of aliphatic hydroxyl groups is 1. The van der Waals surface area contributed by atoms with E-state index in [1.165, 1.54) is 6.33 Å². The molecule has 2 N–H and O–H groups in total. The summed E-state index contributed by atoms with van der Waals surface area (Å²) in [6.07, 6.45) is 1.58. The minimum absolute atomic E-state index is 0.160. The first-order chi connectivity index (χ1) is 9.22. The van der Waals surface area contributed by atoms with Crippen LogP contribution in [-0.4, -0.2) is 64.3 Å². The Bertz CT molecular complexity index is 478. The number of carbonyl (C=O) groups is 1. The van der Waals surface area contributed by atoms with Crippen LogP contribution >= 0.6 is 0 Å². The molecular weight excluding hydrogens is 248 g/mol. The first-order valence-corrected chi connectivity index (χ1v) is 6.36. The van der Waals surface area contributed by atoms with E-state index in [1.807, 2.05) is 0 Å². The molecule has 102 valence electrons. The quantitative estimate of drug-likeness (QED) is 0.765. The maximum absolute atomic E-state index is 12.2. The van der Waals surface area contributed by atoms with Crippen molar-refractivity contribution in [2.45, 2.75) is 18.6 Å². The van der Waals surface area contributed by atoms with Gasteiger partial charge < -0.3 is 20.1 Å². The SMILES string of the molecule is O=C(c1cc(NC2COC2)ncn1)N1CCC(O)C1. The summed E-state index contributed by atoms with van der Waals surface area (Å²) in [5, 5.41) is 12.6. The summed E-state index contributed by atoms with van der Waals surface area (Å²) < 4.78 is 5.07. The number of aliphatic hydroxyl groups excluding tert-OH is 1. The zero-order chi connectivity index (χ0) is 13.2. The topological polar surface area (TPSA) is 87.6 Å². The lowest BCUT2D eigenvalue weighted by molar-refractivity contribution is 0.0209. The van der Waals surface area contributed by atoms with Gasteiger partial charge in [0.2, 0.25) is 0 Å². The molecule has 3 heterocycles. The number of anilines is 1. The Hall–Kier alpha value is -1.73. The van der Waals surface area contributed by atoms with Gasteiger partial charge in [0.15, 0.2) is 0 Å². The Balaban J connectivity index is 1.69. The van der Waals surface area contributed by atoms with Gasteiger partial charge in [-0.15, -0.1) is 0 Å². The number of aromatic nitrogens is 2. The van der Waals surface area contributed by atoms with Gasteiger partial charge in [-0.05, 0) is 6.42 Å². The molecule has 0 spiro atoms. The van der Waals surface area contributed by atoms with Crippen LogP contribution in [0.25, 0.3) is 0 Å². The van der Waals surface area contributed by atoms with E-state index < -0.39 is 6.10 Å². The highest BCUT2D eigenvalue weighted by molar-refractivity contribution is 5.93. The molecule has 7 nitrogen and oxygen atoms in total. The highest BCUT2D eigenvalue weighted by Gasteiger charge is 2.26. The molecule has 1 aromatic rings. The summed E-state index contributed by atoms with van der Waals surface area (Å²) in [7, 11) is 0. The molecule has 2 saturated heterocycles. The van der Waals surface area contributed by atoms with Gasteiger partial charge in [-0.2, -0.15) is 0 Å². The van der Waals surface area contributed by atoms with Crippen molar-refractivity contribution < 1.29 is 14.6 Å². The standard InChI is InChI=1S/C12H16N4O3/c17-9-1-2-16(4-9)12(18)10-3-11(14-7-13-10)15-8-5-19-6-8/h3,7-9,17H,1-2,4-6H2,(H,13,14,15). The van der Waals surface area contributed by atoms with Crippen LogP contribution in [0.2, 0.25) is 0 Å². The van der Waals surface area contributed by atoms with E-state index in [2.05, 4.69) is 15.3 Å². The fraction of sp³-hybridized carbons (Fsp3) is 0.583. The van der Waals surface area contributed by atoms with E-state index in [0.29, 0.717) is 44.2 Å². The van der Waals surface area contributed by atoms with E-state index in [4.69, 9.17) is 4.74 Å². The van der Waals surface area contributed by atoms with Crippen LogP contribution in [0.1, 0.15) is 16.9 Å². The number of amides is 1. The van der Waals surface area contributed by atoms with Gasteiger partial charge in [-0.25, -0.2) is 9.97 Å². The molecule has 0 saturated carbocycles. The summed E-state index contributed by atoms with van der Waals surface area (Å²) in [4.78, 5) is 21.9. The second kappa shape index (κ2) is 5.10. The Morgan fingerprint density at radius 2 is 2.32 bits per heavy atom. The Morgan fingerprint density at radius 3 is 2.95 bits per heavy atom. The van der Waals surface area contributed by atoms with E-state index in [-0.39, 0.29) is 11.9 Å². The Kier molecular flexibility index (Phi) is 3.31. The highest BCUT2D eigenvalue weighted by atomic mass is 16.5. The Labute approximate surface area is 110 Å². The third-order valence-corrected chi connectivity index (χ3v) is 3.33. The van der Waals surface area contributed by atoms with Crippen LogP contribution in [0.4, 0.5) is 5.82 Å². The number of hydrogen-bond donors (Lipinski definition) is 2. The van der Waals surface area contributed by atoms with Gasteiger partial charge in [0.25, 0.3) is 5.91 Å². The van der Waals surface area contributed by atoms with Crippen molar-refractivity contribution in [3.05, 3.63) is 18.1 Å². The molecule has 1 aromatic heterocycles. The fourth-order valence-corrected chi connectivity index (χ4v) is 2.17. The molecule has 0 radical (unpaired) electrons. The van der Waals surface area contributed by atoms with Gasteiger partial charge in [-0.1, -0.05) is 0 Å². The second-order valence-electron chi connectivity index (χ2n) is 4.86. The molecule has 1 unspecified atom stereocenters. The lowest BCUT2D eigenvalue weighted by Gasteiger charge is -2.27. The van der Waals surface area contributed by atoms with Crippen molar-refractivity contribution in [3.8, 4) is 0 Å². The van der Waals surface area contributed by atoms with Gasteiger partial charge in [0, 0.05) is 19.2 Å². The van der Waals surface area contributed by atoms with Crippen molar-refractivity contribution in [1.29, 1.82) is 0 Å². The summed E-state index contributed by atoms with van der Waals surface area (Å²) in [5.41, 5.74) is 0.354. The van der Waals surface area contributed by atoms with E-state index >= 15 is 0 Å². The van der Waals surface area contributed by atoms with Gasteiger partial charge in [0.1, 0.15) is 17.8 Å². The van der Waals surface area contributed by atoms with E-state index in [1.54, 1.807) is 11.0 Å². The molecule has 2 aliphatic heterocycles. The highest BCUT2D eigenvalue weighted by Crippen LogP contribution is 2.15. The van der Waals surface area contributed by atoms with Crippen LogP contribution in [0, 0.1) is 0 Å². The summed E-state index contributed by atoms with van der Waals surface area (Å²) >= 11 is 0. The van der Waals surface area contributed by atoms with Crippen LogP contribution < -0.4 is 5.32 Å². The number of rotatable bonds is 3. The van der Waals surface area contributed by atoms with Crippen molar-refractivity contribution in [3.63, 3.8) is 0 Å². The lowest BCUT2D eigenvalue weighted by Crippen LogP contribution is -2.40. The third-order valence-electron chi connectivity index (χ3n) is 3.33. The maximum Gasteiger partial charge on any atom is 0.272 e. The van der Waals surface area contributed by atoms with Crippen molar-refractivity contribution >= 4 is 11.7 Å². The molecule has 1 amide bonds. The number of β-amino-alcohol motifs (C(OH)–C–C–N with tert-alkyl or cyclic N) is 1. The number of carbonyl (C=O) groups excluding carboxylic acids is 1. The molecule has 0 aromatic carbocycles. The Morgan fingerprint density at radius 1 is 1.47 bits per heavy atom.